The lowest BCUT2D eigenvalue weighted by molar-refractivity contribution is 0.414. The molecule has 1 aromatic heterocycles. The lowest BCUT2D eigenvalue weighted by atomic mass is 10.0. The number of aromatic amines is 1. The first-order valence-electron chi connectivity index (χ1n) is 6.19. The van der Waals surface area contributed by atoms with Gasteiger partial charge in [0, 0.05) is 24.9 Å². The molecule has 0 aliphatic carbocycles. The summed E-state index contributed by atoms with van der Waals surface area (Å²) in [6, 6.07) is 8.43. The summed E-state index contributed by atoms with van der Waals surface area (Å²) in [4.78, 5) is 7.42. The van der Waals surface area contributed by atoms with Crippen molar-refractivity contribution in [3.63, 3.8) is 0 Å². The van der Waals surface area contributed by atoms with Gasteiger partial charge in [0.05, 0.1) is 7.11 Å². The summed E-state index contributed by atoms with van der Waals surface area (Å²) in [6.45, 7) is 3.04. The topological polar surface area (TPSA) is 49.9 Å². The minimum absolute atomic E-state index is 0.270. The predicted octanol–water partition coefficient (Wildman–Crippen LogP) is 2.31. The van der Waals surface area contributed by atoms with Crippen LogP contribution in [-0.4, -0.2) is 23.6 Å². The fourth-order valence-electron chi connectivity index (χ4n) is 1.99. The first-order valence-corrected chi connectivity index (χ1v) is 6.19. The largest absolute Gasteiger partial charge is 0.497 e. The van der Waals surface area contributed by atoms with Crippen LogP contribution in [0.5, 0.6) is 5.75 Å². The van der Waals surface area contributed by atoms with Crippen molar-refractivity contribution >= 4 is 0 Å². The Kier molecular flexibility index (Phi) is 4.36. The number of methoxy groups -OCH3 is 1. The Bertz CT molecular complexity index is 450. The van der Waals surface area contributed by atoms with E-state index in [4.69, 9.17) is 4.74 Å². The minimum Gasteiger partial charge on any atom is -0.497 e. The van der Waals surface area contributed by atoms with E-state index in [9.17, 15) is 0 Å². The van der Waals surface area contributed by atoms with Crippen LogP contribution in [0.15, 0.2) is 36.7 Å². The number of nitrogens with one attached hydrogen (secondary N) is 2. The Labute approximate surface area is 107 Å². The molecule has 0 saturated carbocycles. The lowest BCUT2D eigenvalue weighted by Crippen LogP contribution is -2.23. The third-order valence-electron chi connectivity index (χ3n) is 2.92. The molecule has 1 heterocycles. The molecule has 0 saturated heterocycles. The predicted molar refractivity (Wildman–Crippen MR) is 71.7 cm³/mol. The zero-order valence-corrected chi connectivity index (χ0v) is 10.8. The van der Waals surface area contributed by atoms with Crippen LogP contribution in [0.2, 0.25) is 0 Å². The van der Waals surface area contributed by atoms with E-state index < -0.39 is 0 Å². The SMILES string of the molecule is CCNC(Cc1ncc[nH]1)c1ccc(OC)cc1. The Balaban J connectivity index is 2.12. The zero-order chi connectivity index (χ0) is 12.8. The standard InChI is InChI=1S/C14H19N3O/c1-3-15-13(10-14-16-8-9-17-14)11-4-6-12(18-2)7-5-11/h4-9,13,15H,3,10H2,1-2H3,(H,16,17). The second kappa shape index (κ2) is 6.21. The van der Waals surface area contributed by atoms with Crippen LogP contribution in [0.4, 0.5) is 0 Å². The first-order chi connectivity index (χ1) is 8.83. The average molecular weight is 245 g/mol. The van der Waals surface area contributed by atoms with Gasteiger partial charge in [0.15, 0.2) is 0 Å². The van der Waals surface area contributed by atoms with E-state index in [-0.39, 0.29) is 6.04 Å². The summed E-state index contributed by atoms with van der Waals surface area (Å²) < 4.78 is 5.18. The highest BCUT2D eigenvalue weighted by molar-refractivity contribution is 5.29. The number of ether oxygens (including phenoxy) is 1. The van der Waals surface area contributed by atoms with Gasteiger partial charge in [-0.15, -0.1) is 0 Å². The molecule has 2 N–H and O–H groups in total. The molecule has 0 aliphatic heterocycles. The van der Waals surface area contributed by atoms with Crippen molar-refractivity contribution in [2.75, 3.05) is 13.7 Å². The van der Waals surface area contributed by atoms with E-state index in [1.165, 1.54) is 5.56 Å². The van der Waals surface area contributed by atoms with Gasteiger partial charge in [-0.1, -0.05) is 19.1 Å². The second-order valence-corrected chi connectivity index (χ2v) is 4.12. The molecule has 0 amide bonds. The number of H-pyrrole nitrogens is 1. The first kappa shape index (κ1) is 12.6. The third-order valence-corrected chi connectivity index (χ3v) is 2.92. The summed E-state index contributed by atoms with van der Waals surface area (Å²) in [6.07, 6.45) is 4.49. The maximum Gasteiger partial charge on any atom is 0.118 e. The Morgan fingerprint density at radius 2 is 2.11 bits per heavy atom. The molecule has 18 heavy (non-hydrogen) atoms. The van der Waals surface area contributed by atoms with Gasteiger partial charge in [0.25, 0.3) is 0 Å². The Morgan fingerprint density at radius 3 is 2.67 bits per heavy atom. The Morgan fingerprint density at radius 1 is 1.33 bits per heavy atom. The number of rotatable bonds is 6. The number of imidazole rings is 1. The summed E-state index contributed by atoms with van der Waals surface area (Å²) in [5.41, 5.74) is 1.24. The number of hydrogen-bond donors (Lipinski definition) is 2. The molecule has 0 radical (unpaired) electrons. The van der Waals surface area contributed by atoms with Crippen molar-refractivity contribution in [2.45, 2.75) is 19.4 Å². The maximum absolute atomic E-state index is 5.18. The van der Waals surface area contributed by atoms with Crippen molar-refractivity contribution < 1.29 is 4.74 Å². The molecule has 1 unspecified atom stereocenters. The molecule has 0 aliphatic rings. The van der Waals surface area contributed by atoms with Gasteiger partial charge in [-0.2, -0.15) is 0 Å². The van der Waals surface area contributed by atoms with Crippen LogP contribution in [-0.2, 0) is 6.42 Å². The molecule has 4 heteroatoms. The van der Waals surface area contributed by atoms with Gasteiger partial charge in [0.2, 0.25) is 0 Å². The van der Waals surface area contributed by atoms with Crippen LogP contribution in [0, 0.1) is 0 Å². The van der Waals surface area contributed by atoms with Crippen LogP contribution in [0.3, 0.4) is 0 Å². The van der Waals surface area contributed by atoms with Gasteiger partial charge < -0.3 is 15.0 Å². The smallest absolute Gasteiger partial charge is 0.118 e. The highest BCUT2D eigenvalue weighted by Crippen LogP contribution is 2.20. The van der Waals surface area contributed by atoms with Crippen molar-refractivity contribution in [1.29, 1.82) is 0 Å². The van der Waals surface area contributed by atoms with Gasteiger partial charge >= 0.3 is 0 Å². The van der Waals surface area contributed by atoms with Gasteiger partial charge in [0.1, 0.15) is 11.6 Å². The van der Waals surface area contributed by atoms with E-state index in [1.807, 2.05) is 18.3 Å². The number of hydrogen-bond acceptors (Lipinski definition) is 3. The van der Waals surface area contributed by atoms with Crippen molar-refractivity contribution in [2.24, 2.45) is 0 Å². The number of likely N-dealkylation sites (N-methyl/N-ethyl adjacent to an activating group) is 1. The second-order valence-electron chi connectivity index (χ2n) is 4.12. The molecule has 4 nitrogen and oxygen atoms in total. The summed E-state index contributed by atoms with van der Waals surface area (Å²) in [7, 11) is 1.68. The lowest BCUT2D eigenvalue weighted by Gasteiger charge is -2.17. The van der Waals surface area contributed by atoms with Crippen LogP contribution < -0.4 is 10.1 Å². The number of aromatic nitrogens is 2. The number of benzene rings is 1. The quantitative estimate of drug-likeness (QED) is 0.821. The Hall–Kier alpha value is -1.81. The summed E-state index contributed by atoms with van der Waals surface area (Å²) in [5.74, 6) is 1.88. The molecule has 1 aromatic carbocycles. The fourth-order valence-corrected chi connectivity index (χ4v) is 1.99. The highest BCUT2D eigenvalue weighted by Gasteiger charge is 2.12. The monoisotopic (exact) mass is 245 g/mol. The molecule has 1 atom stereocenters. The highest BCUT2D eigenvalue weighted by atomic mass is 16.5. The normalized spacial score (nSPS) is 12.3. The molecule has 2 rings (SSSR count). The maximum atomic E-state index is 5.18. The van der Waals surface area contributed by atoms with E-state index in [0.29, 0.717) is 0 Å². The van der Waals surface area contributed by atoms with Gasteiger partial charge in [-0.3, -0.25) is 0 Å². The molecule has 96 valence electrons. The van der Waals surface area contributed by atoms with Gasteiger partial charge in [-0.05, 0) is 24.2 Å². The minimum atomic E-state index is 0.270. The van der Waals surface area contributed by atoms with Crippen LogP contribution in [0.1, 0.15) is 24.4 Å². The molecule has 0 bridgehead atoms. The average Bonchev–Trinajstić information content (AvgIpc) is 2.91. The van der Waals surface area contributed by atoms with Crippen LogP contribution >= 0.6 is 0 Å². The van der Waals surface area contributed by atoms with E-state index in [2.05, 4.69) is 34.3 Å². The van der Waals surface area contributed by atoms with Crippen molar-refractivity contribution in [1.82, 2.24) is 15.3 Å². The van der Waals surface area contributed by atoms with E-state index in [0.717, 1.165) is 24.5 Å². The summed E-state index contributed by atoms with van der Waals surface area (Å²) >= 11 is 0. The molecular formula is C14H19N3O. The molecular weight excluding hydrogens is 226 g/mol. The summed E-state index contributed by atoms with van der Waals surface area (Å²) in [5, 5.41) is 3.47. The van der Waals surface area contributed by atoms with E-state index >= 15 is 0 Å². The zero-order valence-electron chi connectivity index (χ0n) is 10.8. The van der Waals surface area contributed by atoms with Gasteiger partial charge in [-0.25, -0.2) is 4.98 Å². The third kappa shape index (κ3) is 3.11. The van der Waals surface area contributed by atoms with Crippen LogP contribution in [0.25, 0.3) is 0 Å². The van der Waals surface area contributed by atoms with Crippen molar-refractivity contribution in [3.05, 3.63) is 48.0 Å². The number of nitrogens with zero attached hydrogens (tertiary/aromatic N) is 1. The molecule has 0 fully saturated rings. The molecule has 2 aromatic rings. The molecule has 0 spiro atoms. The van der Waals surface area contributed by atoms with E-state index in [1.54, 1.807) is 13.3 Å². The fraction of sp³-hybridized carbons (Fsp3) is 0.357. The van der Waals surface area contributed by atoms with Crippen molar-refractivity contribution in [3.8, 4) is 5.75 Å².